The van der Waals surface area contributed by atoms with Crippen molar-refractivity contribution in [3.05, 3.63) is 63.6 Å². The van der Waals surface area contributed by atoms with Crippen LogP contribution in [-0.4, -0.2) is 18.6 Å². The average Bonchev–Trinajstić information content (AvgIpc) is 2.94. The highest BCUT2D eigenvalue weighted by atomic mass is 79.9. The smallest absolute Gasteiger partial charge is 0.252 e. The van der Waals surface area contributed by atoms with Crippen molar-refractivity contribution in [1.29, 1.82) is 0 Å². The van der Waals surface area contributed by atoms with Crippen molar-refractivity contribution in [2.45, 2.75) is 38.7 Å². The molecule has 24 heavy (non-hydrogen) atoms. The SMILES string of the molecule is CC(C)(C)c1ccc2c(c1)C[C@@H](CNC(=O)c1ccccc1Br)O2. The molecule has 0 aliphatic carbocycles. The standard InChI is InChI=1S/C20H22BrNO2/c1-20(2,3)14-8-9-18-13(10-14)11-15(24-18)12-22-19(23)16-6-4-5-7-17(16)21/h4-10,15H,11-12H2,1-3H3,(H,22,23)/t15-/m0/s1. The molecule has 0 fully saturated rings. The molecule has 0 bridgehead atoms. The molecule has 4 heteroatoms. The minimum absolute atomic E-state index is 0.0124. The summed E-state index contributed by atoms with van der Waals surface area (Å²) in [6, 6.07) is 13.8. The molecule has 2 aromatic carbocycles. The zero-order valence-electron chi connectivity index (χ0n) is 14.2. The number of rotatable bonds is 3. The van der Waals surface area contributed by atoms with Crippen LogP contribution in [-0.2, 0) is 11.8 Å². The number of hydrogen-bond donors (Lipinski definition) is 1. The third-order valence-electron chi connectivity index (χ3n) is 4.28. The van der Waals surface area contributed by atoms with Crippen LogP contribution in [0.3, 0.4) is 0 Å². The lowest BCUT2D eigenvalue weighted by molar-refractivity contribution is 0.0933. The number of ether oxygens (including phenoxy) is 1. The van der Waals surface area contributed by atoms with Crippen LogP contribution in [0.15, 0.2) is 46.9 Å². The van der Waals surface area contributed by atoms with E-state index in [0.29, 0.717) is 12.1 Å². The van der Waals surface area contributed by atoms with Crippen LogP contribution >= 0.6 is 15.9 Å². The normalized spacial score (nSPS) is 16.4. The van der Waals surface area contributed by atoms with Crippen LogP contribution < -0.4 is 10.1 Å². The quantitative estimate of drug-likeness (QED) is 0.842. The molecule has 1 aliphatic rings. The van der Waals surface area contributed by atoms with Gasteiger partial charge in [0, 0.05) is 10.9 Å². The number of halogens is 1. The van der Waals surface area contributed by atoms with Gasteiger partial charge in [-0.25, -0.2) is 0 Å². The summed E-state index contributed by atoms with van der Waals surface area (Å²) >= 11 is 3.41. The summed E-state index contributed by atoms with van der Waals surface area (Å²) in [5.41, 5.74) is 3.30. The molecule has 1 aliphatic heterocycles. The molecule has 0 saturated heterocycles. The number of carbonyl (C=O) groups is 1. The molecule has 1 atom stereocenters. The Hall–Kier alpha value is -1.81. The van der Waals surface area contributed by atoms with Crippen LogP contribution in [0.5, 0.6) is 5.75 Å². The topological polar surface area (TPSA) is 38.3 Å². The summed E-state index contributed by atoms with van der Waals surface area (Å²) < 4.78 is 6.76. The van der Waals surface area contributed by atoms with Crippen molar-refractivity contribution in [3.8, 4) is 5.75 Å². The number of amides is 1. The van der Waals surface area contributed by atoms with Gasteiger partial charge in [0.15, 0.2) is 0 Å². The zero-order chi connectivity index (χ0) is 17.3. The third-order valence-corrected chi connectivity index (χ3v) is 4.97. The predicted molar refractivity (Wildman–Crippen MR) is 99.7 cm³/mol. The highest BCUT2D eigenvalue weighted by molar-refractivity contribution is 9.10. The molecule has 0 radical (unpaired) electrons. The van der Waals surface area contributed by atoms with Gasteiger partial charge >= 0.3 is 0 Å². The first kappa shape index (κ1) is 17.0. The summed E-state index contributed by atoms with van der Waals surface area (Å²) in [6.45, 7) is 7.12. The Bertz CT molecular complexity index is 764. The fraction of sp³-hybridized carbons (Fsp3) is 0.350. The summed E-state index contributed by atoms with van der Waals surface area (Å²) in [7, 11) is 0. The molecule has 2 aromatic rings. The van der Waals surface area contributed by atoms with E-state index in [-0.39, 0.29) is 17.4 Å². The highest BCUT2D eigenvalue weighted by Crippen LogP contribution is 2.33. The number of carbonyl (C=O) groups excluding carboxylic acids is 1. The summed E-state index contributed by atoms with van der Waals surface area (Å²) in [5.74, 6) is 0.848. The lowest BCUT2D eigenvalue weighted by Gasteiger charge is -2.19. The van der Waals surface area contributed by atoms with Gasteiger partial charge in [0.25, 0.3) is 5.91 Å². The van der Waals surface area contributed by atoms with Gasteiger partial charge in [-0.05, 0) is 50.7 Å². The van der Waals surface area contributed by atoms with E-state index in [9.17, 15) is 4.79 Å². The lowest BCUT2D eigenvalue weighted by Crippen LogP contribution is -2.34. The van der Waals surface area contributed by atoms with Crippen LogP contribution in [0.2, 0.25) is 0 Å². The van der Waals surface area contributed by atoms with E-state index < -0.39 is 0 Å². The minimum atomic E-state index is -0.0857. The Morgan fingerprint density at radius 3 is 2.71 bits per heavy atom. The average molecular weight is 388 g/mol. The number of benzene rings is 2. The van der Waals surface area contributed by atoms with Crippen LogP contribution in [0.1, 0.15) is 42.3 Å². The number of fused-ring (bicyclic) bond motifs is 1. The zero-order valence-corrected chi connectivity index (χ0v) is 15.8. The van der Waals surface area contributed by atoms with Crippen molar-refractivity contribution >= 4 is 21.8 Å². The third kappa shape index (κ3) is 3.64. The van der Waals surface area contributed by atoms with Crippen molar-refractivity contribution in [3.63, 3.8) is 0 Å². The van der Waals surface area contributed by atoms with Gasteiger partial charge in [-0.15, -0.1) is 0 Å². The summed E-state index contributed by atoms with van der Waals surface area (Å²) in [4.78, 5) is 12.3. The Morgan fingerprint density at radius 1 is 1.25 bits per heavy atom. The molecule has 1 amide bonds. The van der Waals surface area contributed by atoms with E-state index in [1.54, 1.807) is 6.07 Å². The van der Waals surface area contributed by atoms with Gasteiger partial charge in [0.2, 0.25) is 0 Å². The molecule has 0 spiro atoms. The molecular weight excluding hydrogens is 366 g/mol. The van der Waals surface area contributed by atoms with Crippen LogP contribution in [0.25, 0.3) is 0 Å². The molecule has 3 nitrogen and oxygen atoms in total. The monoisotopic (exact) mass is 387 g/mol. The van der Waals surface area contributed by atoms with Crippen molar-refractivity contribution < 1.29 is 9.53 Å². The second-order valence-corrected chi connectivity index (χ2v) is 8.06. The number of hydrogen-bond acceptors (Lipinski definition) is 2. The first-order chi connectivity index (χ1) is 11.3. The van der Waals surface area contributed by atoms with Gasteiger partial charge < -0.3 is 10.1 Å². The number of nitrogens with one attached hydrogen (secondary N) is 1. The van der Waals surface area contributed by atoms with Gasteiger partial charge in [-0.2, -0.15) is 0 Å². The van der Waals surface area contributed by atoms with E-state index in [0.717, 1.165) is 16.6 Å². The first-order valence-corrected chi connectivity index (χ1v) is 8.96. The van der Waals surface area contributed by atoms with E-state index in [4.69, 9.17) is 4.74 Å². The van der Waals surface area contributed by atoms with Gasteiger partial charge in [-0.1, -0.05) is 45.0 Å². The first-order valence-electron chi connectivity index (χ1n) is 8.17. The maximum Gasteiger partial charge on any atom is 0.252 e. The minimum Gasteiger partial charge on any atom is -0.488 e. The van der Waals surface area contributed by atoms with Gasteiger partial charge in [-0.3, -0.25) is 4.79 Å². The maximum atomic E-state index is 12.3. The van der Waals surface area contributed by atoms with Crippen molar-refractivity contribution in [2.24, 2.45) is 0 Å². The van der Waals surface area contributed by atoms with Crippen molar-refractivity contribution in [2.75, 3.05) is 6.54 Å². The van der Waals surface area contributed by atoms with Crippen LogP contribution in [0, 0.1) is 0 Å². The largest absolute Gasteiger partial charge is 0.488 e. The van der Waals surface area contributed by atoms with Gasteiger partial charge in [0.05, 0.1) is 12.1 Å². The van der Waals surface area contributed by atoms with Gasteiger partial charge in [0.1, 0.15) is 11.9 Å². The molecule has 0 unspecified atom stereocenters. The fourth-order valence-corrected chi connectivity index (χ4v) is 3.31. The molecular formula is C20H22BrNO2. The summed E-state index contributed by atoms with van der Waals surface area (Å²) in [6.07, 6.45) is 0.817. The van der Waals surface area contributed by atoms with E-state index >= 15 is 0 Å². The predicted octanol–water partition coefficient (Wildman–Crippen LogP) is 4.48. The Kier molecular flexibility index (Phi) is 4.68. The van der Waals surface area contributed by atoms with E-state index in [1.165, 1.54) is 11.1 Å². The molecule has 0 saturated carbocycles. The second-order valence-electron chi connectivity index (χ2n) is 7.21. The Balaban J connectivity index is 1.62. The Morgan fingerprint density at radius 2 is 2.00 bits per heavy atom. The van der Waals surface area contributed by atoms with Crippen LogP contribution in [0.4, 0.5) is 0 Å². The molecule has 0 aromatic heterocycles. The Labute approximate surface area is 151 Å². The van der Waals surface area contributed by atoms with E-state index in [1.807, 2.05) is 24.3 Å². The molecule has 1 heterocycles. The fourth-order valence-electron chi connectivity index (χ4n) is 2.85. The molecule has 1 N–H and O–H groups in total. The molecule has 3 rings (SSSR count). The van der Waals surface area contributed by atoms with E-state index in [2.05, 4.69) is 54.2 Å². The second kappa shape index (κ2) is 6.60. The summed E-state index contributed by atoms with van der Waals surface area (Å²) in [5, 5.41) is 2.97. The lowest BCUT2D eigenvalue weighted by atomic mass is 9.86. The van der Waals surface area contributed by atoms with Crippen molar-refractivity contribution in [1.82, 2.24) is 5.32 Å². The maximum absolute atomic E-state index is 12.3. The highest BCUT2D eigenvalue weighted by Gasteiger charge is 2.25. The molecule has 126 valence electrons.